The number of rotatable bonds is 2. The van der Waals surface area contributed by atoms with Gasteiger partial charge in [0.05, 0.1) is 0 Å². The highest BCUT2D eigenvalue weighted by Crippen LogP contribution is 2.73. The van der Waals surface area contributed by atoms with E-state index in [0.29, 0.717) is 6.42 Å². The lowest BCUT2D eigenvalue weighted by Gasteiger charge is -2.37. The maximum atomic E-state index is 13.5. The van der Waals surface area contributed by atoms with Gasteiger partial charge in [-0.05, 0) is 91.3 Å². The molecule has 2 aromatic rings. The van der Waals surface area contributed by atoms with E-state index >= 15 is 0 Å². The fraction of sp³-hybridized carbons (Fsp3) is 0.581. The molecule has 6 nitrogen and oxygen atoms in total. The maximum Gasteiger partial charge on any atom is 0.188 e. The van der Waals surface area contributed by atoms with Crippen molar-refractivity contribution in [2.45, 2.75) is 133 Å². The third-order valence-corrected chi connectivity index (χ3v) is 17.0. The Morgan fingerprint density at radius 3 is 1.65 bits per heavy atom. The smallest absolute Gasteiger partial charge is 0.188 e. The molecule has 0 aliphatic heterocycles. The molecule has 6 fully saturated rings. The molecule has 0 bridgehead atoms. The predicted octanol–water partition coefficient (Wildman–Crippen LogP) is 9.48. The number of allylic oxidation sites excluding steroid dienone is 3. The summed E-state index contributed by atoms with van der Waals surface area (Å²) in [6.07, 6.45) is 22.1. The van der Waals surface area contributed by atoms with Crippen LogP contribution < -0.4 is 0 Å². The summed E-state index contributed by atoms with van der Waals surface area (Å²) in [6.45, 7) is 0. The van der Waals surface area contributed by atoms with Crippen LogP contribution in [-0.4, -0.2) is 34.6 Å². The van der Waals surface area contributed by atoms with E-state index in [-0.39, 0.29) is 69.1 Å². The molecule has 4 unspecified atom stereocenters. The van der Waals surface area contributed by atoms with Crippen LogP contribution in [0.25, 0.3) is 17.2 Å². The molecule has 9 aliphatic rings. The minimum atomic E-state index is -0.160. The van der Waals surface area contributed by atoms with Gasteiger partial charge in [-0.1, -0.05) is 64.2 Å². The van der Waals surface area contributed by atoms with E-state index in [9.17, 15) is 19.2 Å². The minimum Gasteiger partial charge on any atom is -0.292 e. The number of ketones is 4. The Morgan fingerprint density at radius 2 is 1.08 bits per heavy atom. The molecule has 11 rings (SSSR count). The number of carbonyl (C=O) groups is 4. The zero-order valence-corrected chi connectivity index (χ0v) is 30.9. The molecule has 262 valence electrons. The second kappa shape index (κ2) is 11.2. The van der Waals surface area contributed by atoms with Crippen LogP contribution in [0.15, 0.2) is 21.7 Å². The molecule has 0 saturated heterocycles. The van der Waals surface area contributed by atoms with Crippen molar-refractivity contribution in [3.8, 4) is 0 Å². The van der Waals surface area contributed by atoms with Gasteiger partial charge in [0.1, 0.15) is 10.7 Å². The molecular formula is C43H44N2O4S2. The van der Waals surface area contributed by atoms with Crippen molar-refractivity contribution in [2.24, 2.45) is 33.7 Å². The molecule has 51 heavy (non-hydrogen) atoms. The SMILES string of the molecule is O=C1C(=NC2=Cc3sc4c(c3C2)C2(CCCCC2)C2=C4C3(CCCCC3)c3cc(N=C4C(=O)C5CCCCC5C4=O)sc32)C(=O)C2CCCCC12. The Hall–Kier alpha value is -3.10. The second-order valence-corrected chi connectivity index (χ2v) is 19.3. The third-order valence-electron chi connectivity index (χ3n) is 14.8. The summed E-state index contributed by atoms with van der Waals surface area (Å²) in [4.78, 5) is 67.8. The molecular weight excluding hydrogens is 673 g/mol. The zero-order chi connectivity index (χ0) is 34.2. The number of hydrogen-bond acceptors (Lipinski definition) is 8. The normalized spacial score (nSPS) is 31.3. The van der Waals surface area contributed by atoms with Gasteiger partial charge in [0, 0.05) is 61.3 Å². The van der Waals surface area contributed by atoms with Crippen molar-refractivity contribution in [2.75, 3.05) is 0 Å². The Bertz CT molecular complexity index is 2060. The number of nitrogens with zero attached hydrogens (tertiary/aromatic N) is 2. The fourth-order valence-electron chi connectivity index (χ4n) is 12.6. The van der Waals surface area contributed by atoms with Crippen LogP contribution in [-0.2, 0) is 36.4 Å². The van der Waals surface area contributed by atoms with Gasteiger partial charge >= 0.3 is 0 Å². The van der Waals surface area contributed by atoms with Gasteiger partial charge in [0.2, 0.25) is 0 Å². The summed E-state index contributed by atoms with van der Waals surface area (Å²) < 4.78 is 0. The van der Waals surface area contributed by atoms with Crippen molar-refractivity contribution in [1.29, 1.82) is 0 Å². The van der Waals surface area contributed by atoms with E-state index in [1.807, 2.05) is 11.3 Å². The summed E-state index contributed by atoms with van der Waals surface area (Å²) in [6, 6.07) is 2.29. The first-order valence-corrected chi connectivity index (χ1v) is 21.6. The largest absolute Gasteiger partial charge is 0.292 e. The van der Waals surface area contributed by atoms with Crippen molar-refractivity contribution >= 4 is 79.5 Å². The minimum absolute atomic E-state index is 0.0143. The van der Waals surface area contributed by atoms with Gasteiger partial charge in [-0.2, -0.15) is 0 Å². The zero-order valence-electron chi connectivity index (χ0n) is 29.2. The summed E-state index contributed by atoms with van der Waals surface area (Å²) in [7, 11) is 0. The number of fused-ring (bicyclic) bond motifs is 12. The molecule has 0 aromatic carbocycles. The summed E-state index contributed by atoms with van der Waals surface area (Å²) >= 11 is 3.68. The number of thiophene rings is 2. The Kier molecular flexibility index (Phi) is 6.91. The monoisotopic (exact) mass is 716 g/mol. The topological polar surface area (TPSA) is 93.0 Å². The highest BCUT2D eigenvalue weighted by molar-refractivity contribution is 7.18. The highest BCUT2D eigenvalue weighted by Gasteiger charge is 2.60. The molecule has 2 heterocycles. The van der Waals surface area contributed by atoms with E-state index in [4.69, 9.17) is 9.98 Å². The van der Waals surface area contributed by atoms with Crippen molar-refractivity contribution in [3.05, 3.63) is 43.1 Å². The molecule has 0 amide bonds. The Balaban J connectivity index is 1.02. The number of carbonyl (C=O) groups excluding carboxylic acids is 4. The standard InChI is InChI=1S/C43H44N2O4S2/c46-36-23-11-3-4-12-24(23)37(47)34(36)44-22-19-27-29(20-22)50-41-31(27)43(17-9-2-10-18-43)32-33(41)42(15-7-1-8-16-42)28-21-30(51-40(28)32)45-35-38(48)25-13-5-6-14-26(25)39(35)49/h20-21,23-26H,1-19H2. The highest BCUT2D eigenvalue weighted by atomic mass is 32.1. The molecule has 4 atom stereocenters. The fourth-order valence-corrected chi connectivity index (χ4v) is 15.4. The van der Waals surface area contributed by atoms with E-state index in [0.717, 1.165) is 87.7 Å². The van der Waals surface area contributed by atoms with Crippen LogP contribution in [0.4, 0.5) is 5.00 Å². The van der Waals surface area contributed by atoms with Crippen LogP contribution in [0, 0.1) is 23.7 Å². The predicted molar refractivity (Wildman–Crippen MR) is 202 cm³/mol. The molecule has 8 heteroatoms. The first-order chi connectivity index (χ1) is 24.9. The molecule has 0 N–H and O–H groups in total. The van der Waals surface area contributed by atoms with E-state index in [1.54, 1.807) is 22.5 Å². The average molecular weight is 717 g/mol. The lowest BCUT2D eigenvalue weighted by atomic mass is 9.66. The molecule has 2 spiro atoms. The van der Waals surface area contributed by atoms with E-state index in [2.05, 4.69) is 12.1 Å². The third kappa shape index (κ3) is 4.15. The number of hydrogen-bond donors (Lipinski definition) is 0. The molecule has 6 saturated carbocycles. The Labute approximate surface area is 307 Å². The van der Waals surface area contributed by atoms with E-state index < -0.39 is 0 Å². The first kappa shape index (κ1) is 31.4. The van der Waals surface area contributed by atoms with Gasteiger partial charge in [-0.15, -0.1) is 22.7 Å². The molecule has 0 radical (unpaired) electrons. The van der Waals surface area contributed by atoms with Gasteiger partial charge < -0.3 is 0 Å². The summed E-state index contributed by atoms with van der Waals surface area (Å²) in [5, 5.41) is 0.838. The summed E-state index contributed by atoms with van der Waals surface area (Å²) in [5.74, 6) is -0.686. The van der Waals surface area contributed by atoms with Crippen LogP contribution in [0.2, 0.25) is 0 Å². The van der Waals surface area contributed by atoms with Gasteiger partial charge in [-0.3, -0.25) is 19.2 Å². The first-order valence-electron chi connectivity index (χ1n) is 20.0. The van der Waals surface area contributed by atoms with Crippen molar-refractivity contribution in [3.63, 3.8) is 0 Å². The lowest BCUT2D eigenvalue weighted by molar-refractivity contribution is -0.120. The Morgan fingerprint density at radius 1 is 0.569 bits per heavy atom. The van der Waals surface area contributed by atoms with Crippen LogP contribution in [0.3, 0.4) is 0 Å². The molecule has 2 aromatic heterocycles. The van der Waals surface area contributed by atoms with Crippen LogP contribution in [0.1, 0.15) is 147 Å². The van der Waals surface area contributed by atoms with Crippen molar-refractivity contribution in [1.82, 2.24) is 0 Å². The number of Topliss-reactive ketones (excluding diaryl/α,β-unsaturated/α-hetero) is 4. The van der Waals surface area contributed by atoms with Gasteiger partial charge in [0.15, 0.2) is 28.8 Å². The van der Waals surface area contributed by atoms with E-state index in [1.165, 1.54) is 69.8 Å². The van der Waals surface area contributed by atoms with Crippen molar-refractivity contribution < 1.29 is 19.2 Å². The summed E-state index contributed by atoms with van der Waals surface area (Å²) in [5.41, 5.74) is 8.66. The quantitative estimate of drug-likeness (QED) is 0.310. The lowest BCUT2D eigenvalue weighted by Crippen LogP contribution is -2.29. The van der Waals surface area contributed by atoms with Crippen LogP contribution >= 0.6 is 22.7 Å². The average Bonchev–Trinajstić information content (AvgIpc) is 4.00. The second-order valence-electron chi connectivity index (χ2n) is 17.2. The van der Waals surface area contributed by atoms with Gasteiger partial charge in [-0.25, -0.2) is 9.98 Å². The van der Waals surface area contributed by atoms with Crippen LogP contribution in [0.5, 0.6) is 0 Å². The molecule has 9 aliphatic carbocycles. The number of aliphatic imine (C=N–C) groups is 2. The maximum absolute atomic E-state index is 13.5. The van der Waals surface area contributed by atoms with Gasteiger partial charge in [0.25, 0.3) is 0 Å².